The second-order valence-electron chi connectivity index (χ2n) is 28.3. The number of piperazine rings is 2. The first-order chi connectivity index (χ1) is 58.9. The van der Waals surface area contributed by atoms with Crippen molar-refractivity contribution in [3.8, 4) is 0 Å². The van der Waals surface area contributed by atoms with E-state index in [1.54, 1.807) is 4.90 Å². The maximum Gasteiger partial charge on any atom is 0.410 e. The first-order valence-corrected chi connectivity index (χ1v) is 43.9. The number of carbonyl (C=O) groups is 14. The van der Waals surface area contributed by atoms with Crippen molar-refractivity contribution in [1.82, 2.24) is 39.6 Å². The minimum Gasteiger partial charge on any atom is -0.444 e. The number of morpholine rings is 3. The number of carbonyl (C=O) groups excluding carboxylic acids is 14. The smallest absolute Gasteiger partial charge is 0.410 e. The molecule has 0 aromatic heterocycles. The van der Waals surface area contributed by atoms with E-state index in [0.717, 1.165) is 157 Å². The Morgan fingerprint density at radius 1 is 0.488 bits per heavy atom. The predicted octanol–water partition coefficient (Wildman–Crippen LogP) is -13.6. The third kappa shape index (κ3) is 129. The fourth-order valence-electron chi connectivity index (χ4n) is 8.00. The summed E-state index contributed by atoms with van der Waals surface area (Å²) in [6.07, 6.45) is 4.63. The van der Waals surface area contributed by atoms with Gasteiger partial charge in [0.25, 0.3) is 0 Å². The molecular weight excluding hydrogens is 1790 g/mol. The predicted molar refractivity (Wildman–Crippen MR) is 486 cm³/mol. The number of sulfonamides is 1. The number of hydrogen-bond acceptors (Lipinski definition) is 37. The van der Waals surface area contributed by atoms with Crippen molar-refractivity contribution >= 4 is 120 Å². The van der Waals surface area contributed by atoms with Gasteiger partial charge < -0.3 is 168 Å². The summed E-state index contributed by atoms with van der Waals surface area (Å²) < 4.78 is 39.6. The number of nitrogens with zero attached hydrogens (tertiary/aromatic N) is 7. The minimum atomic E-state index is -3.17. The van der Waals surface area contributed by atoms with Crippen LogP contribution in [-0.2, 0) is 91.3 Å². The summed E-state index contributed by atoms with van der Waals surface area (Å²) >= 11 is 7.91. The Kier molecular flexibility index (Phi) is 104. The van der Waals surface area contributed by atoms with Crippen LogP contribution in [0.5, 0.6) is 0 Å². The molecule has 5 fully saturated rings. The number of primary amides is 13. The molecule has 0 spiro atoms. The third-order valence-electron chi connectivity index (χ3n) is 15.1. The van der Waals surface area contributed by atoms with Gasteiger partial charge in [-0.2, -0.15) is 0 Å². The molecule has 0 aromatic carbocycles. The van der Waals surface area contributed by atoms with Crippen LogP contribution in [-0.4, -0.2) is 417 Å². The topological polar surface area (TPSA) is 946 Å². The van der Waals surface area contributed by atoms with Crippen LogP contribution in [0, 0.1) is 5.92 Å². The number of hydrogen-bond donors (Lipinski definition) is 25. The van der Waals surface area contributed by atoms with E-state index in [1.165, 1.54) is 13.8 Å². The Morgan fingerprint density at radius 3 is 1.05 bits per heavy atom. The molecule has 0 aromatic rings. The number of primary sulfonamides is 1. The largest absolute Gasteiger partial charge is 0.444 e. The highest BCUT2D eigenvalue weighted by atomic mass is 79.9. The molecular formula is C72H162BrClN28O24S. The Labute approximate surface area is 761 Å². The SMILES string of the molecule is CC(C)(C)OC(=O)N1CCN(CC(N)=O)CC1.CC(N)=O.CC[C@H](CN)C(N)=O.CN1CCN(CCC(N)=O)CC1.CS(N)(=O)=O.C[C@@H](O)[C@@H](N)C(N)=O.NC(=O)CCBr.NC(=O)CCN1CCOCC1.NC(=O)CCNCCN1CCOCC1.NC(=O)CCl.NC(=O)[C@@H](N)CO.NC(=O)[C@H](N)CO.NCCC(N)=O.NCCCC(N)=O.OCCCN1CCOCC1. The summed E-state index contributed by atoms with van der Waals surface area (Å²) in [7, 11) is -1.05. The highest BCUT2D eigenvalue weighted by molar-refractivity contribution is 9.09. The van der Waals surface area contributed by atoms with Gasteiger partial charge in [-0.3, -0.25) is 81.9 Å². The number of rotatable bonds is 34. The Bertz CT molecular complexity index is 2880. The second kappa shape index (κ2) is 94.4. The average molecular weight is 1950 g/mol. The number of aliphatic hydroxyl groups excluding tert-OH is 4. The zero-order chi connectivity index (χ0) is 101. The number of aliphatic hydroxyl groups is 4. The Morgan fingerprint density at radius 2 is 0.835 bits per heavy atom. The zero-order valence-electron chi connectivity index (χ0n) is 75.8. The van der Waals surface area contributed by atoms with Gasteiger partial charge >= 0.3 is 6.09 Å². The third-order valence-corrected chi connectivity index (χ3v) is 15.7. The van der Waals surface area contributed by atoms with Gasteiger partial charge in [0.15, 0.2) is 0 Å². The van der Waals surface area contributed by atoms with Gasteiger partial charge in [0.2, 0.25) is 86.8 Å². The van der Waals surface area contributed by atoms with Crippen molar-refractivity contribution in [3.63, 3.8) is 0 Å². The lowest BCUT2D eigenvalue weighted by Gasteiger charge is -2.34. The lowest BCUT2D eigenvalue weighted by molar-refractivity contribution is -0.122. The first-order valence-electron chi connectivity index (χ1n) is 40.3. The number of likely N-dealkylation sites (N-methyl/N-ethyl adjacent to an activating group) is 1. The van der Waals surface area contributed by atoms with E-state index in [-0.39, 0.29) is 90.8 Å². The van der Waals surface area contributed by atoms with Gasteiger partial charge in [0.1, 0.15) is 29.6 Å². The van der Waals surface area contributed by atoms with Gasteiger partial charge in [0.05, 0.1) is 71.8 Å². The van der Waals surface area contributed by atoms with E-state index in [4.69, 9.17) is 131 Å². The zero-order valence-corrected chi connectivity index (χ0v) is 79.0. The van der Waals surface area contributed by atoms with E-state index >= 15 is 0 Å². The average Bonchev–Trinajstić information content (AvgIpc) is 0.867. The summed E-state index contributed by atoms with van der Waals surface area (Å²) in [4.78, 5) is 157. The number of ether oxygens (including phenoxy) is 4. The molecule has 55 heteroatoms. The standard InChI is InChI=1S/C11H21N3O3.C9H19N3O2.C8H17N3O.C7H14N2O2.C7H15NO2.C5H12N2O.C4H10N2O2.C4H10N2O.C3H6BrNO.2C3H8N2O2.C3H8N2O.C2H4ClNO.C2H5NO.CH5NO2S/c1-11(2,3)17-10(16)14-6-4-13(5-7-14)8-9(12)15;10-9(13)1-2-11-3-4-12-5-7-14-8-6-12;1-10-4-6-11(7-5-10)3-2-8(9)12;8-7(10)1-2-9-3-5-11-6-4-9;9-5-1-2-8-3-6-10-7-4-8;1-2-4(3-6)5(7)8;1-2(7)3(5)4(6)8;5-3-1-2-4(6)7;4-2-1-3(5)6;2*4-2(1-6)3(5)7;4-2-1-3(5)6;3-1-2(4)5;1-2(3)4;1-5(2,3)4/h4-8H2,1-3H3,(H2,12,15);11H,1-8H2,(H2,10,13);2-7H2,1H3,(H2,9,12);1-6H2,(H2,8,10);9H,1-7H2;4H,2-3,6H2,1H3,(H2,7,8);2-3,7H,5H2,1H3,(H2,6,8);1-3,5H2,(H2,6,7);1-2H2,(H2,5,6);2*2,6H,1,4H2,(H2,5,7);1-2,4H2,(H2,5,6);1H2,(H2,4,5);1H3,(H2,3,4);1H3,(H2,2,3,4)/t;;;;;4-;2-,3-;;;2*2-;;;;/m.....11..10..../s1. The van der Waals surface area contributed by atoms with Gasteiger partial charge in [0, 0.05) is 207 Å². The van der Waals surface area contributed by atoms with Crippen LogP contribution in [0.15, 0.2) is 0 Å². The monoisotopic (exact) mass is 1950 g/mol. The molecule has 0 saturated carbocycles. The second-order valence-corrected chi connectivity index (χ2v) is 31.0. The lowest BCUT2D eigenvalue weighted by atomic mass is 10.1. The van der Waals surface area contributed by atoms with Gasteiger partial charge in [-0.1, -0.05) is 22.9 Å². The molecule has 0 aliphatic carbocycles. The summed E-state index contributed by atoms with van der Waals surface area (Å²) in [5, 5.41) is 41.4. The molecule has 45 N–H and O–H groups in total. The quantitative estimate of drug-likeness (QED) is 0.0210. The fraction of sp³-hybridized carbons (Fsp3) is 0.806. The van der Waals surface area contributed by atoms with Gasteiger partial charge in [-0.25, -0.2) is 18.4 Å². The molecule has 754 valence electrons. The molecule has 5 heterocycles. The minimum absolute atomic E-state index is 0.0833. The number of halogens is 2. The van der Waals surface area contributed by atoms with Crippen LogP contribution in [0.4, 0.5) is 4.79 Å². The highest BCUT2D eigenvalue weighted by Gasteiger charge is 2.26. The van der Waals surface area contributed by atoms with Crippen LogP contribution in [0.2, 0.25) is 0 Å². The summed E-state index contributed by atoms with van der Waals surface area (Å²) in [5.74, 6) is -5.23. The van der Waals surface area contributed by atoms with Crippen molar-refractivity contribution < 1.29 is 115 Å². The fourth-order valence-corrected chi connectivity index (χ4v) is 8.39. The molecule has 5 saturated heterocycles. The maximum absolute atomic E-state index is 11.7. The van der Waals surface area contributed by atoms with E-state index in [9.17, 15) is 75.5 Å². The normalized spacial score (nSPS) is 15.4. The highest BCUT2D eigenvalue weighted by Crippen LogP contribution is 2.12. The molecule has 0 unspecified atom stereocenters. The maximum atomic E-state index is 11.7. The van der Waals surface area contributed by atoms with Gasteiger partial charge in [-0.05, 0) is 60.5 Å². The van der Waals surface area contributed by atoms with E-state index in [2.05, 4.69) is 86.6 Å². The molecule has 0 bridgehead atoms. The lowest BCUT2D eigenvalue weighted by Crippen LogP contribution is -2.51. The number of amides is 14. The Hall–Kier alpha value is -7.74. The number of nitrogens with one attached hydrogen (secondary N) is 1. The Balaban J connectivity index is -0.000000147. The van der Waals surface area contributed by atoms with Crippen LogP contribution >= 0.6 is 27.5 Å². The molecule has 5 rings (SSSR count). The number of alkyl halides is 2. The molecule has 52 nitrogen and oxygen atoms in total. The van der Waals surface area contributed by atoms with E-state index < -0.39 is 63.5 Å². The van der Waals surface area contributed by atoms with Crippen LogP contribution in [0.1, 0.15) is 99.3 Å². The van der Waals surface area contributed by atoms with Crippen molar-refractivity contribution in [3.05, 3.63) is 0 Å². The molecule has 5 atom stereocenters. The molecule has 127 heavy (non-hydrogen) atoms. The number of nitrogens with two attached hydrogens (primary N) is 20. The molecule has 14 amide bonds. The van der Waals surface area contributed by atoms with Crippen molar-refractivity contribution in [1.29, 1.82) is 0 Å². The van der Waals surface area contributed by atoms with E-state index in [1.807, 2.05) is 32.6 Å². The van der Waals surface area contributed by atoms with Crippen LogP contribution in [0.25, 0.3) is 0 Å². The first kappa shape index (κ1) is 140. The van der Waals surface area contributed by atoms with Gasteiger partial charge in [-0.15, -0.1) is 11.6 Å². The van der Waals surface area contributed by atoms with Crippen molar-refractivity contribution in [2.75, 3.05) is 241 Å². The molecule has 5 aliphatic heterocycles. The van der Waals surface area contributed by atoms with Crippen LogP contribution < -0.4 is 119 Å². The van der Waals surface area contributed by atoms with Crippen molar-refractivity contribution in [2.24, 2.45) is 120 Å². The van der Waals surface area contributed by atoms with E-state index in [0.29, 0.717) is 109 Å². The summed E-state index contributed by atoms with van der Waals surface area (Å²) in [6, 6.07) is -2.74. The summed E-state index contributed by atoms with van der Waals surface area (Å²) in [5.41, 5.74) is 91.8. The molecule has 5 aliphatic rings. The van der Waals surface area contributed by atoms with Crippen LogP contribution in [0.3, 0.4) is 0 Å². The molecule has 0 radical (unpaired) electrons. The van der Waals surface area contributed by atoms with Crippen molar-refractivity contribution in [2.45, 2.75) is 129 Å². The summed E-state index contributed by atoms with van der Waals surface area (Å²) in [6.45, 7) is 34.0.